The molecule has 1 aromatic carbocycles. The van der Waals surface area contributed by atoms with Gasteiger partial charge >= 0.3 is 5.63 Å². The normalized spacial score (nSPS) is 16.0. The van der Waals surface area contributed by atoms with Gasteiger partial charge in [0, 0.05) is 37.5 Å². The average Bonchev–Trinajstić information content (AvgIpc) is 2.82. The van der Waals surface area contributed by atoms with Crippen molar-refractivity contribution in [2.75, 3.05) is 19.6 Å². The number of benzene rings is 1. The van der Waals surface area contributed by atoms with Crippen LogP contribution in [0.4, 0.5) is 0 Å². The predicted octanol–water partition coefficient (Wildman–Crippen LogP) is 1.86. The van der Waals surface area contributed by atoms with Crippen LogP contribution in [-0.4, -0.2) is 38.9 Å². The van der Waals surface area contributed by atoms with E-state index in [1.54, 1.807) is 0 Å². The first-order valence-corrected chi connectivity index (χ1v) is 10.3. The molecule has 0 spiro atoms. The van der Waals surface area contributed by atoms with E-state index in [4.69, 9.17) is 4.42 Å². The van der Waals surface area contributed by atoms with Gasteiger partial charge in [0.2, 0.25) is 15.9 Å². The van der Waals surface area contributed by atoms with Gasteiger partial charge in [0.1, 0.15) is 5.58 Å². The summed E-state index contributed by atoms with van der Waals surface area (Å²) in [5.74, 6) is 0.154. The third-order valence-electron chi connectivity index (χ3n) is 4.47. The number of amides is 1. The first-order valence-electron chi connectivity index (χ1n) is 8.77. The number of hydrogen-bond donors (Lipinski definition) is 1. The van der Waals surface area contributed by atoms with E-state index >= 15 is 0 Å². The standard InChI is InChI=1S/C18H22N2O5S/c21-17-5-2-1-3-11-20(17)12-4-10-19-26(23,24)15-7-8-16-14(13-15)6-9-18(22)25-16/h6-9,13,19H,1-5,10-12H2. The fourth-order valence-corrected chi connectivity index (χ4v) is 4.16. The number of carbonyl (C=O) groups excluding carboxylic acids is 1. The number of sulfonamides is 1. The van der Waals surface area contributed by atoms with Crippen molar-refractivity contribution in [2.24, 2.45) is 0 Å². The topological polar surface area (TPSA) is 96.7 Å². The number of hydrogen-bond acceptors (Lipinski definition) is 5. The smallest absolute Gasteiger partial charge is 0.336 e. The Labute approximate surface area is 152 Å². The Morgan fingerprint density at radius 1 is 1.08 bits per heavy atom. The monoisotopic (exact) mass is 378 g/mol. The van der Waals surface area contributed by atoms with Crippen molar-refractivity contribution in [1.82, 2.24) is 9.62 Å². The molecule has 0 radical (unpaired) electrons. The number of fused-ring (bicyclic) bond motifs is 1. The lowest BCUT2D eigenvalue weighted by Gasteiger charge is -2.20. The first kappa shape index (κ1) is 18.6. The summed E-state index contributed by atoms with van der Waals surface area (Å²) >= 11 is 0. The fraction of sp³-hybridized carbons (Fsp3) is 0.444. The summed E-state index contributed by atoms with van der Waals surface area (Å²) in [5, 5.41) is 0.544. The Kier molecular flexibility index (Phi) is 5.73. The van der Waals surface area contributed by atoms with Gasteiger partial charge in [-0.05, 0) is 43.5 Å². The molecule has 1 amide bonds. The molecule has 140 valence electrons. The van der Waals surface area contributed by atoms with Crippen LogP contribution >= 0.6 is 0 Å². The zero-order chi connectivity index (χ0) is 18.6. The summed E-state index contributed by atoms with van der Waals surface area (Å²) in [6.07, 6.45) is 4.15. The molecule has 1 aromatic heterocycles. The maximum Gasteiger partial charge on any atom is 0.336 e. The van der Waals surface area contributed by atoms with E-state index in [1.165, 1.54) is 30.3 Å². The van der Waals surface area contributed by atoms with E-state index in [-0.39, 0.29) is 17.3 Å². The summed E-state index contributed by atoms with van der Waals surface area (Å²) in [6, 6.07) is 7.14. The highest BCUT2D eigenvalue weighted by atomic mass is 32.2. The minimum absolute atomic E-state index is 0.115. The van der Waals surface area contributed by atoms with Gasteiger partial charge in [0.15, 0.2) is 0 Å². The third kappa shape index (κ3) is 4.50. The zero-order valence-corrected chi connectivity index (χ0v) is 15.3. The second-order valence-electron chi connectivity index (χ2n) is 6.40. The lowest BCUT2D eigenvalue weighted by atomic mass is 10.2. The van der Waals surface area contributed by atoms with Crippen molar-refractivity contribution in [3.63, 3.8) is 0 Å². The van der Waals surface area contributed by atoms with E-state index in [1.807, 2.05) is 4.90 Å². The summed E-state index contributed by atoms with van der Waals surface area (Å²) < 4.78 is 32.4. The molecule has 1 N–H and O–H groups in total. The Morgan fingerprint density at radius 3 is 2.77 bits per heavy atom. The van der Waals surface area contributed by atoms with Crippen LogP contribution in [0.5, 0.6) is 0 Å². The van der Waals surface area contributed by atoms with Crippen LogP contribution in [0, 0.1) is 0 Å². The maximum absolute atomic E-state index is 12.4. The molecule has 0 unspecified atom stereocenters. The molecule has 0 aliphatic carbocycles. The zero-order valence-electron chi connectivity index (χ0n) is 14.4. The Balaban J connectivity index is 1.59. The van der Waals surface area contributed by atoms with Crippen LogP contribution in [0.25, 0.3) is 11.0 Å². The Hall–Kier alpha value is -2.19. The second-order valence-corrected chi connectivity index (χ2v) is 8.16. The highest BCUT2D eigenvalue weighted by molar-refractivity contribution is 7.89. The van der Waals surface area contributed by atoms with E-state index in [0.717, 1.165) is 25.8 Å². The molecule has 1 aliphatic heterocycles. The number of likely N-dealkylation sites (tertiary alicyclic amines) is 1. The third-order valence-corrected chi connectivity index (χ3v) is 5.93. The van der Waals surface area contributed by atoms with Gasteiger partial charge in [0.05, 0.1) is 4.90 Å². The number of nitrogens with one attached hydrogen (secondary N) is 1. The molecule has 0 bridgehead atoms. The highest BCUT2D eigenvalue weighted by Gasteiger charge is 2.17. The molecule has 2 aromatic rings. The van der Waals surface area contributed by atoms with Gasteiger partial charge in [-0.2, -0.15) is 0 Å². The van der Waals surface area contributed by atoms with Crippen LogP contribution in [0.1, 0.15) is 32.1 Å². The maximum atomic E-state index is 12.4. The lowest BCUT2D eigenvalue weighted by Crippen LogP contribution is -2.34. The van der Waals surface area contributed by atoms with E-state index in [9.17, 15) is 18.0 Å². The molecule has 0 saturated carbocycles. The Bertz CT molecular complexity index is 951. The molecular formula is C18H22N2O5S. The lowest BCUT2D eigenvalue weighted by molar-refractivity contribution is -0.130. The SMILES string of the molecule is O=C1CCCCCN1CCCNS(=O)(=O)c1ccc2oc(=O)ccc2c1. The summed E-state index contributed by atoms with van der Waals surface area (Å²) in [5.41, 5.74) is -0.134. The Morgan fingerprint density at radius 2 is 1.92 bits per heavy atom. The van der Waals surface area contributed by atoms with Crippen molar-refractivity contribution in [2.45, 2.75) is 37.0 Å². The minimum Gasteiger partial charge on any atom is -0.423 e. The van der Waals surface area contributed by atoms with Crippen molar-refractivity contribution in [1.29, 1.82) is 0 Å². The van der Waals surface area contributed by atoms with Gasteiger partial charge in [0.25, 0.3) is 0 Å². The molecule has 7 nitrogen and oxygen atoms in total. The number of carbonyl (C=O) groups is 1. The van der Waals surface area contributed by atoms with Crippen LogP contribution in [-0.2, 0) is 14.8 Å². The molecule has 2 heterocycles. The van der Waals surface area contributed by atoms with Crippen molar-refractivity contribution >= 4 is 26.9 Å². The van der Waals surface area contributed by atoms with E-state index in [0.29, 0.717) is 30.4 Å². The van der Waals surface area contributed by atoms with Crippen molar-refractivity contribution in [3.8, 4) is 0 Å². The summed E-state index contributed by atoms with van der Waals surface area (Å²) in [6.45, 7) is 1.57. The summed E-state index contributed by atoms with van der Waals surface area (Å²) in [4.78, 5) is 25.1. The number of nitrogens with zero attached hydrogens (tertiary/aromatic N) is 1. The van der Waals surface area contributed by atoms with E-state index < -0.39 is 15.6 Å². The van der Waals surface area contributed by atoms with Gasteiger partial charge in [-0.3, -0.25) is 4.79 Å². The van der Waals surface area contributed by atoms with E-state index in [2.05, 4.69) is 4.72 Å². The van der Waals surface area contributed by atoms with Crippen LogP contribution < -0.4 is 10.3 Å². The molecule has 3 rings (SSSR count). The largest absolute Gasteiger partial charge is 0.423 e. The molecule has 26 heavy (non-hydrogen) atoms. The minimum atomic E-state index is -3.66. The molecule has 1 aliphatic rings. The number of rotatable bonds is 6. The molecule has 1 fully saturated rings. The molecular weight excluding hydrogens is 356 g/mol. The van der Waals surface area contributed by atoms with Gasteiger partial charge < -0.3 is 9.32 Å². The second kappa shape index (κ2) is 8.01. The van der Waals surface area contributed by atoms with Gasteiger partial charge in [-0.1, -0.05) is 6.42 Å². The van der Waals surface area contributed by atoms with Crippen molar-refractivity contribution < 1.29 is 17.6 Å². The van der Waals surface area contributed by atoms with Gasteiger partial charge in [-0.15, -0.1) is 0 Å². The van der Waals surface area contributed by atoms with Crippen molar-refractivity contribution in [3.05, 3.63) is 40.8 Å². The van der Waals surface area contributed by atoms with Crippen LogP contribution in [0.2, 0.25) is 0 Å². The van der Waals surface area contributed by atoms with Crippen LogP contribution in [0.15, 0.2) is 44.4 Å². The first-order chi connectivity index (χ1) is 12.5. The quantitative estimate of drug-likeness (QED) is 0.611. The fourth-order valence-electron chi connectivity index (χ4n) is 3.05. The van der Waals surface area contributed by atoms with Crippen LogP contribution in [0.3, 0.4) is 0 Å². The predicted molar refractivity (Wildman–Crippen MR) is 97.3 cm³/mol. The average molecular weight is 378 g/mol. The highest BCUT2D eigenvalue weighted by Crippen LogP contribution is 2.17. The molecule has 1 saturated heterocycles. The summed E-state index contributed by atoms with van der Waals surface area (Å²) in [7, 11) is -3.66. The molecule has 0 atom stereocenters. The molecule has 8 heteroatoms. The van der Waals surface area contributed by atoms with Gasteiger partial charge in [-0.25, -0.2) is 17.9 Å².